The number of hydrogen-bond donors (Lipinski definition) is 0. The summed E-state index contributed by atoms with van der Waals surface area (Å²) in [5.41, 5.74) is 1.16. The number of halogens is 1. The summed E-state index contributed by atoms with van der Waals surface area (Å²) in [7, 11) is 3.06. The summed E-state index contributed by atoms with van der Waals surface area (Å²) in [5, 5.41) is 0. The van der Waals surface area contributed by atoms with Crippen molar-refractivity contribution in [1.29, 1.82) is 0 Å². The SMILES string of the molecule is COc1ccc(C(=O)N2CCC(N3CCN(Cc4cccc(F)c4)C(=O)C3=O)CC2)cc1OC. The van der Waals surface area contributed by atoms with Crippen LogP contribution in [0.15, 0.2) is 42.5 Å². The molecule has 2 aromatic rings. The lowest BCUT2D eigenvalue weighted by Crippen LogP contribution is -2.59. The van der Waals surface area contributed by atoms with Gasteiger partial charge in [-0.2, -0.15) is 0 Å². The molecule has 0 spiro atoms. The van der Waals surface area contributed by atoms with Crippen LogP contribution in [0.25, 0.3) is 0 Å². The molecule has 2 aliphatic rings. The number of piperazine rings is 1. The zero-order valence-electron chi connectivity index (χ0n) is 19.3. The molecule has 0 unspecified atom stereocenters. The van der Waals surface area contributed by atoms with Gasteiger partial charge in [-0.15, -0.1) is 0 Å². The van der Waals surface area contributed by atoms with Gasteiger partial charge < -0.3 is 24.2 Å². The van der Waals surface area contributed by atoms with E-state index in [-0.39, 0.29) is 24.3 Å². The average molecular weight is 470 g/mol. The van der Waals surface area contributed by atoms with Gasteiger partial charge in [0.15, 0.2) is 11.5 Å². The number of piperidine rings is 1. The van der Waals surface area contributed by atoms with Gasteiger partial charge in [-0.1, -0.05) is 12.1 Å². The maximum absolute atomic E-state index is 13.5. The highest BCUT2D eigenvalue weighted by atomic mass is 19.1. The first-order valence-electron chi connectivity index (χ1n) is 11.3. The Morgan fingerprint density at radius 2 is 1.68 bits per heavy atom. The number of benzene rings is 2. The van der Waals surface area contributed by atoms with Gasteiger partial charge in [-0.05, 0) is 48.7 Å². The summed E-state index contributed by atoms with van der Waals surface area (Å²) in [5.74, 6) is -0.543. The molecule has 2 aliphatic heterocycles. The maximum atomic E-state index is 13.5. The Labute approximate surface area is 197 Å². The fraction of sp³-hybridized carbons (Fsp3) is 0.400. The van der Waals surface area contributed by atoms with Crippen molar-refractivity contribution in [2.45, 2.75) is 25.4 Å². The first-order chi connectivity index (χ1) is 16.4. The first kappa shape index (κ1) is 23.5. The molecule has 3 amide bonds. The van der Waals surface area contributed by atoms with Gasteiger partial charge in [0.05, 0.1) is 14.2 Å². The Morgan fingerprint density at radius 3 is 2.35 bits per heavy atom. The van der Waals surface area contributed by atoms with Crippen molar-refractivity contribution < 1.29 is 28.2 Å². The second-order valence-electron chi connectivity index (χ2n) is 8.45. The zero-order chi connectivity index (χ0) is 24.2. The third kappa shape index (κ3) is 4.83. The van der Waals surface area contributed by atoms with E-state index in [4.69, 9.17) is 9.47 Å². The van der Waals surface area contributed by atoms with E-state index in [1.807, 2.05) is 0 Å². The molecule has 0 aliphatic carbocycles. The highest BCUT2D eigenvalue weighted by molar-refractivity contribution is 6.35. The van der Waals surface area contributed by atoms with Crippen LogP contribution in [0.5, 0.6) is 11.5 Å². The predicted octanol–water partition coefficient (Wildman–Crippen LogP) is 2.32. The van der Waals surface area contributed by atoms with E-state index in [1.165, 1.54) is 31.3 Å². The van der Waals surface area contributed by atoms with Crippen LogP contribution in [-0.4, -0.2) is 78.9 Å². The van der Waals surface area contributed by atoms with Crippen LogP contribution < -0.4 is 9.47 Å². The molecule has 0 N–H and O–H groups in total. The molecule has 9 heteroatoms. The Kier molecular flexibility index (Phi) is 7.00. The van der Waals surface area contributed by atoms with E-state index in [1.54, 1.807) is 40.1 Å². The Morgan fingerprint density at radius 1 is 0.941 bits per heavy atom. The van der Waals surface area contributed by atoms with Gasteiger partial charge in [-0.3, -0.25) is 14.4 Å². The fourth-order valence-electron chi connectivity index (χ4n) is 4.58. The summed E-state index contributed by atoms with van der Waals surface area (Å²) in [6.45, 7) is 2.00. The third-order valence-corrected chi connectivity index (χ3v) is 6.43. The molecule has 4 rings (SSSR count). The Hall–Kier alpha value is -3.62. The smallest absolute Gasteiger partial charge is 0.312 e. The molecule has 0 bridgehead atoms. The molecular formula is C25H28FN3O5. The second kappa shape index (κ2) is 10.1. The normalized spacial score (nSPS) is 17.2. The lowest BCUT2D eigenvalue weighted by atomic mass is 10.0. The van der Waals surface area contributed by atoms with Crippen LogP contribution >= 0.6 is 0 Å². The number of amides is 3. The van der Waals surface area contributed by atoms with Crippen LogP contribution in [0.3, 0.4) is 0 Å². The van der Waals surface area contributed by atoms with Gasteiger partial charge in [0, 0.05) is 44.3 Å². The number of rotatable bonds is 6. The van der Waals surface area contributed by atoms with Crippen molar-refractivity contribution in [3.8, 4) is 11.5 Å². The van der Waals surface area contributed by atoms with Crippen molar-refractivity contribution in [3.05, 3.63) is 59.4 Å². The zero-order valence-corrected chi connectivity index (χ0v) is 19.3. The minimum Gasteiger partial charge on any atom is -0.493 e. The number of ether oxygens (including phenoxy) is 2. The Bertz CT molecular complexity index is 1080. The number of carbonyl (C=O) groups excluding carboxylic acids is 3. The standard InChI is InChI=1S/C25H28FN3O5/c1-33-21-7-6-18(15-22(21)34-2)23(30)27-10-8-20(9-11-27)29-13-12-28(24(31)25(29)32)16-17-4-3-5-19(26)14-17/h3-7,14-15,20H,8-13,16H2,1-2H3. The van der Waals surface area contributed by atoms with Crippen molar-refractivity contribution >= 4 is 17.7 Å². The number of carbonyl (C=O) groups is 3. The lowest BCUT2D eigenvalue weighted by molar-refractivity contribution is -0.158. The van der Waals surface area contributed by atoms with E-state index >= 15 is 0 Å². The molecule has 180 valence electrons. The summed E-state index contributed by atoms with van der Waals surface area (Å²) >= 11 is 0. The van der Waals surface area contributed by atoms with Gasteiger partial charge >= 0.3 is 11.8 Å². The summed E-state index contributed by atoms with van der Waals surface area (Å²) < 4.78 is 24.0. The summed E-state index contributed by atoms with van der Waals surface area (Å²) in [4.78, 5) is 43.3. The minimum atomic E-state index is -0.570. The average Bonchev–Trinajstić information content (AvgIpc) is 2.86. The molecule has 2 fully saturated rings. The first-order valence-corrected chi connectivity index (χ1v) is 11.3. The van der Waals surface area contributed by atoms with Gasteiger partial charge in [-0.25, -0.2) is 4.39 Å². The number of methoxy groups -OCH3 is 2. The summed E-state index contributed by atoms with van der Waals surface area (Å²) in [6, 6.07) is 11.0. The third-order valence-electron chi connectivity index (χ3n) is 6.43. The number of hydrogen-bond acceptors (Lipinski definition) is 5. The van der Waals surface area contributed by atoms with Crippen LogP contribution in [0.4, 0.5) is 4.39 Å². The van der Waals surface area contributed by atoms with Gasteiger partial charge in [0.1, 0.15) is 5.82 Å². The molecule has 0 atom stereocenters. The largest absolute Gasteiger partial charge is 0.493 e. The molecule has 8 nitrogen and oxygen atoms in total. The number of likely N-dealkylation sites (tertiary alicyclic amines) is 1. The van der Waals surface area contributed by atoms with Crippen LogP contribution in [0.2, 0.25) is 0 Å². The quantitative estimate of drug-likeness (QED) is 0.607. The van der Waals surface area contributed by atoms with Crippen molar-refractivity contribution in [3.63, 3.8) is 0 Å². The molecular weight excluding hydrogens is 441 g/mol. The van der Waals surface area contributed by atoms with Crippen LogP contribution in [-0.2, 0) is 16.1 Å². The van der Waals surface area contributed by atoms with Gasteiger partial charge in [0.2, 0.25) is 0 Å². The maximum Gasteiger partial charge on any atom is 0.312 e. The van der Waals surface area contributed by atoms with Crippen molar-refractivity contribution in [2.75, 3.05) is 40.4 Å². The van der Waals surface area contributed by atoms with E-state index in [0.717, 1.165) is 0 Å². The van der Waals surface area contributed by atoms with E-state index < -0.39 is 11.8 Å². The van der Waals surface area contributed by atoms with Crippen LogP contribution in [0.1, 0.15) is 28.8 Å². The minimum absolute atomic E-state index is 0.0952. The fourth-order valence-corrected chi connectivity index (χ4v) is 4.58. The van der Waals surface area contributed by atoms with Crippen molar-refractivity contribution in [1.82, 2.24) is 14.7 Å². The van der Waals surface area contributed by atoms with Crippen LogP contribution in [0, 0.1) is 5.82 Å². The molecule has 2 saturated heterocycles. The van der Waals surface area contributed by atoms with E-state index in [0.29, 0.717) is 61.6 Å². The van der Waals surface area contributed by atoms with E-state index in [2.05, 4.69) is 0 Å². The second-order valence-corrected chi connectivity index (χ2v) is 8.45. The monoisotopic (exact) mass is 469 g/mol. The Balaban J connectivity index is 1.34. The van der Waals surface area contributed by atoms with Gasteiger partial charge in [0.25, 0.3) is 5.91 Å². The highest BCUT2D eigenvalue weighted by Gasteiger charge is 2.38. The molecule has 0 radical (unpaired) electrons. The summed E-state index contributed by atoms with van der Waals surface area (Å²) in [6.07, 6.45) is 1.20. The van der Waals surface area contributed by atoms with E-state index in [9.17, 15) is 18.8 Å². The molecule has 34 heavy (non-hydrogen) atoms. The molecule has 0 saturated carbocycles. The lowest BCUT2D eigenvalue weighted by Gasteiger charge is -2.42. The highest BCUT2D eigenvalue weighted by Crippen LogP contribution is 2.29. The predicted molar refractivity (Wildman–Crippen MR) is 122 cm³/mol. The van der Waals surface area contributed by atoms with Crippen molar-refractivity contribution in [2.24, 2.45) is 0 Å². The molecule has 0 aromatic heterocycles. The molecule has 2 aromatic carbocycles. The number of nitrogens with zero attached hydrogens (tertiary/aromatic N) is 3. The molecule has 2 heterocycles. The topological polar surface area (TPSA) is 79.4 Å².